The third kappa shape index (κ3) is 4.00. The largest absolute Gasteiger partial charge is 0.416 e. The third-order valence-electron chi connectivity index (χ3n) is 5.56. The van der Waals surface area contributed by atoms with Gasteiger partial charge in [0.1, 0.15) is 5.60 Å². The zero-order chi connectivity index (χ0) is 21.4. The van der Waals surface area contributed by atoms with Gasteiger partial charge in [-0.05, 0) is 53.2 Å². The van der Waals surface area contributed by atoms with Crippen molar-refractivity contribution in [2.24, 2.45) is 0 Å². The molecular formula is C25H23F3OSi. The van der Waals surface area contributed by atoms with E-state index < -0.39 is 25.7 Å². The minimum absolute atomic E-state index is 0.474. The maximum atomic E-state index is 13.0. The van der Waals surface area contributed by atoms with Gasteiger partial charge in [-0.15, -0.1) is 0 Å². The Bertz CT molecular complexity index is 1040. The van der Waals surface area contributed by atoms with Crippen molar-refractivity contribution in [3.05, 3.63) is 113 Å². The van der Waals surface area contributed by atoms with Crippen LogP contribution in [0.3, 0.4) is 0 Å². The van der Waals surface area contributed by atoms with Crippen molar-refractivity contribution in [3.63, 3.8) is 0 Å². The van der Waals surface area contributed by atoms with Crippen LogP contribution in [0.1, 0.15) is 22.3 Å². The zero-order valence-electron chi connectivity index (χ0n) is 16.9. The molecule has 0 aliphatic carbocycles. The van der Waals surface area contributed by atoms with Crippen LogP contribution in [0.4, 0.5) is 13.2 Å². The van der Waals surface area contributed by atoms with Gasteiger partial charge in [-0.1, -0.05) is 72.8 Å². The van der Waals surface area contributed by atoms with Crippen LogP contribution in [0.15, 0.2) is 91.0 Å². The number of benzene rings is 3. The summed E-state index contributed by atoms with van der Waals surface area (Å²) >= 11 is 0. The van der Waals surface area contributed by atoms with E-state index in [4.69, 9.17) is 4.43 Å². The molecule has 0 N–H and O–H groups in total. The van der Waals surface area contributed by atoms with Gasteiger partial charge in [0, 0.05) is 6.42 Å². The molecule has 0 radical (unpaired) electrons. The Morgan fingerprint density at radius 1 is 0.800 bits per heavy atom. The lowest BCUT2D eigenvalue weighted by molar-refractivity contribution is -0.137. The first-order valence-electron chi connectivity index (χ1n) is 9.90. The second kappa shape index (κ2) is 7.56. The maximum absolute atomic E-state index is 13.0. The zero-order valence-corrected chi connectivity index (χ0v) is 17.9. The molecule has 1 atom stereocenters. The highest BCUT2D eigenvalue weighted by molar-refractivity contribution is 6.90. The fourth-order valence-corrected chi connectivity index (χ4v) is 6.87. The van der Waals surface area contributed by atoms with E-state index in [-0.39, 0.29) is 0 Å². The molecule has 154 valence electrons. The van der Waals surface area contributed by atoms with E-state index in [9.17, 15) is 13.2 Å². The summed E-state index contributed by atoms with van der Waals surface area (Å²) in [7, 11) is -2.24. The van der Waals surface area contributed by atoms with Crippen LogP contribution in [-0.4, -0.2) is 8.32 Å². The van der Waals surface area contributed by atoms with Crippen molar-refractivity contribution in [2.45, 2.75) is 31.3 Å². The minimum Gasteiger partial charge on any atom is -0.400 e. The predicted octanol–water partition coefficient (Wildman–Crippen LogP) is 7.00. The molecule has 30 heavy (non-hydrogen) atoms. The molecule has 3 aromatic rings. The summed E-state index contributed by atoms with van der Waals surface area (Å²) < 4.78 is 45.7. The first-order chi connectivity index (χ1) is 14.2. The van der Waals surface area contributed by atoms with Gasteiger partial charge in [-0.25, -0.2) is 0 Å². The normalized spacial score (nSPS) is 20.8. The Morgan fingerprint density at radius 2 is 1.37 bits per heavy atom. The van der Waals surface area contributed by atoms with Crippen molar-refractivity contribution >= 4 is 13.5 Å². The summed E-state index contributed by atoms with van der Waals surface area (Å²) in [4.78, 5) is 0. The lowest BCUT2D eigenvalue weighted by Gasteiger charge is -2.33. The van der Waals surface area contributed by atoms with Crippen molar-refractivity contribution in [3.8, 4) is 0 Å². The fourth-order valence-electron chi connectivity index (χ4n) is 4.16. The quantitative estimate of drug-likeness (QED) is 0.410. The van der Waals surface area contributed by atoms with E-state index in [0.717, 1.165) is 28.8 Å². The summed E-state index contributed by atoms with van der Waals surface area (Å²) in [6.45, 7) is 4.34. The van der Waals surface area contributed by atoms with Gasteiger partial charge in [-0.3, -0.25) is 0 Å². The fraction of sp³-hybridized carbons (Fsp3) is 0.200. The molecule has 1 heterocycles. The Labute approximate surface area is 176 Å². The highest BCUT2D eigenvalue weighted by Gasteiger charge is 2.47. The first-order valence-corrected chi connectivity index (χ1v) is 12.8. The van der Waals surface area contributed by atoms with Crippen molar-refractivity contribution < 1.29 is 17.6 Å². The topological polar surface area (TPSA) is 9.23 Å². The van der Waals surface area contributed by atoms with E-state index in [1.54, 1.807) is 12.1 Å². The summed E-state index contributed by atoms with van der Waals surface area (Å²) in [6.07, 6.45) is -1.67. The van der Waals surface area contributed by atoms with Gasteiger partial charge >= 0.3 is 6.18 Å². The molecule has 0 saturated carbocycles. The van der Waals surface area contributed by atoms with Crippen LogP contribution >= 0.6 is 0 Å². The molecule has 3 aromatic carbocycles. The maximum Gasteiger partial charge on any atom is 0.416 e. The molecule has 0 amide bonds. The third-order valence-corrected chi connectivity index (χ3v) is 8.16. The molecule has 0 saturated heterocycles. The molecular weight excluding hydrogens is 401 g/mol. The highest BCUT2D eigenvalue weighted by Crippen LogP contribution is 2.46. The van der Waals surface area contributed by atoms with Gasteiger partial charge in [0.05, 0.1) is 5.56 Å². The van der Waals surface area contributed by atoms with Crippen LogP contribution in [-0.2, 0) is 22.6 Å². The van der Waals surface area contributed by atoms with Crippen molar-refractivity contribution in [1.29, 1.82) is 0 Å². The van der Waals surface area contributed by atoms with Crippen molar-refractivity contribution in [1.82, 2.24) is 0 Å². The average molecular weight is 425 g/mol. The average Bonchev–Trinajstić information content (AvgIpc) is 3.00. The van der Waals surface area contributed by atoms with Gasteiger partial charge in [0.2, 0.25) is 8.32 Å². The summed E-state index contributed by atoms with van der Waals surface area (Å²) in [6, 6.07) is 25.5. The number of hydrogen-bond acceptors (Lipinski definition) is 1. The summed E-state index contributed by atoms with van der Waals surface area (Å²) in [5, 5.41) is 1.21. The second-order valence-corrected chi connectivity index (χ2v) is 11.9. The molecule has 1 aliphatic rings. The molecule has 0 aromatic heterocycles. The van der Waals surface area contributed by atoms with E-state index >= 15 is 0 Å². The van der Waals surface area contributed by atoms with Crippen LogP contribution in [0.25, 0.3) is 5.20 Å². The monoisotopic (exact) mass is 424 g/mol. The van der Waals surface area contributed by atoms with Gasteiger partial charge < -0.3 is 4.43 Å². The summed E-state index contributed by atoms with van der Waals surface area (Å²) in [5.74, 6) is 0. The molecule has 1 aliphatic heterocycles. The first kappa shape index (κ1) is 20.6. The van der Waals surface area contributed by atoms with Gasteiger partial charge in [0.15, 0.2) is 0 Å². The smallest absolute Gasteiger partial charge is 0.400 e. The lowest BCUT2D eigenvalue weighted by atomic mass is 9.86. The predicted molar refractivity (Wildman–Crippen MR) is 116 cm³/mol. The Morgan fingerprint density at radius 3 is 1.93 bits per heavy atom. The Hall–Kier alpha value is -2.63. The molecule has 4 rings (SSSR count). The standard InChI is InChI=1S/C25H23F3OSi/c1-30(2)23(20-9-5-3-6-10-20)18-24(29-30,21-11-7-4-8-12-21)17-19-13-15-22(16-14-19)25(26,27)28/h3-16,18H,17H2,1-2H3. The Balaban J connectivity index is 1.79. The minimum atomic E-state index is -4.34. The van der Waals surface area contributed by atoms with E-state index in [0.29, 0.717) is 6.42 Å². The number of hydrogen-bond donors (Lipinski definition) is 0. The highest BCUT2D eigenvalue weighted by atomic mass is 28.4. The second-order valence-electron chi connectivity index (χ2n) is 8.16. The SMILES string of the molecule is C[Si]1(C)OC(Cc2ccc(C(F)(F)F)cc2)(c2ccccc2)C=C1c1ccccc1. The van der Waals surface area contributed by atoms with Crippen LogP contribution in [0, 0.1) is 0 Å². The molecule has 1 unspecified atom stereocenters. The number of halogens is 3. The van der Waals surface area contributed by atoms with Crippen molar-refractivity contribution in [2.75, 3.05) is 0 Å². The van der Waals surface area contributed by atoms with Crippen LogP contribution < -0.4 is 0 Å². The van der Waals surface area contributed by atoms with E-state index in [1.807, 2.05) is 48.5 Å². The molecule has 0 fully saturated rings. The van der Waals surface area contributed by atoms with Crippen LogP contribution in [0.5, 0.6) is 0 Å². The molecule has 0 bridgehead atoms. The molecule has 1 nitrogen and oxygen atoms in total. The van der Waals surface area contributed by atoms with E-state index in [1.165, 1.54) is 5.20 Å². The molecule has 0 spiro atoms. The Kier molecular flexibility index (Phi) is 5.20. The number of alkyl halides is 3. The van der Waals surface area contributed by atoms with E-state index in [2.05, 4.69) is 31.3 Å². The van der Waals surface area contributed by atoms with Gasteiger partial charge in [-0.2, -0.15) is 13.2 Å². The lowest BCUT2D eigenvalue weighted by Crippen LogP contribution is -2.37. The summed E-state index contributed by atoms with van der Waals surface area (Å²) in [5.41, 5.74) is 1.61. The molecule has 5 heteroatoms. The van der Waals surface area contributed by atoms with Crippen LogP contribution in [0.2, 0.25) is 13.1 Å². The van der Waals surface area contributed by atoms with Gasteiger partial charge in [0.25, 0.3) is 0 Å². The number of rotatable bonds is 4.